The van der Waals surface area contributed by atoms with Crippen LogP contribution in [0, 0.1) is 11.8 Å². The van der Waals surface area contributed by atoms with Crippen molar-refractivity contribution in [2.45, 2.75) is 38.9 Å². The number of rotatable bonds is 6. The minimum atomic E-state index is -4.56. The van der Waals surface area contributed by atoms with Crippen molar-refractivity contribution in [1.29, 1.82) is 0 Å². The van der Waals surface area contributed by atoms with Gasteiger partial charge in [-0.15, -0.1) is 0 Å². The molecule has 0 radical (unpaired) electrons. The van der Waals surface area contributed by atoms with E-state index in [9.17, 15) is 22.8 Å². The minimum Gasteiger partial charge on any atom is -0.478 e. The molecule has 9 nitrogen and oxygen atoms in total. The zero-order chi connectivity index (χ0) is 29.1. The maximum Gasteiger partial charge on any atom is 0.416 e. The fraction of sp³-hybridized carbons (Fsp3) is 0.276. The van der Waals surface area contributed by atoms with Crippen LogP contribution in [0.5, 0.6) is 5.88 Å². The van der Waals surface area contributed by atoms with Gasteiger partial charge < -0.3 is 15.0 Å². The number of nitrogens with zero attached hydrogens (tertiary/aromatic N) is 5. The summed E-state index contributed by atoms with van der Waals surface area (Å²) in [5.74, 6) is 5.27. The standard InChI is InChI=1S/C29H25F3N6O3/c1-3-6-24(39)37-14-5-7-21(37)27-36-26(22-16-33-17-25(38(22)27)41-4-2)18-8-10-19(11-9-18)28(40)35-23-15-20(12-13-34-23)29(30,31)32/h8-13,15-17,21H,4-5,7,14H2,1-2H3,(H,34,35,40)/t21-/m0/s1. The zero-order valence-electron chi connectivity index (χ0n) is 22.2. The Morgan fingerprint density at radius 1 is 1.17 bits per heavy atom. The molecule has 1 aromatic carbocycles. The van der Waals surface area contributed by atoms with Crippen molar-refractivity contribution in [3.8, 4) is 29.0 Å². The largest absolute Gasteiger partial charge is 0.478 e. The molecular weight excluding hydrogens is 537 g/mol. The summed E-state index contributed by atoms with van der Waals surface area (Å²) in [7, 11) is 0. The fourth-order valence-electron chi connectivity index (χ4n) is 4.82. The Kier molecular flexibility index (Phi) is 7.61. The SMILES string of the molecule is CC#CC(=O)N1CCC[C@H]1c1nc(-c2ccc(C(=O)Nc3cc(C(F)(F)F)ccn3)cc2)c2cncc(OCC)n12. The molecule has 1 N–H and O–H groups in total. The van der Waals surface area contributed by atoms with Gasteiger partial charge in [-0.05, 0) is 56.9 Å². The van der Waals surface area contributed by atoms with Crippen molar-refractivity contribution in [2.24, 2.45) is 0 Å². The van der Waals surface area contributed by atoms with Crippen molar-refractivity contribution in [2.75, 3.05) is 18.5 Å². The topological polar surface area (TPSA) is 102 Å². The van der Waals surface area contributed by atoms with Crippen LogP contribution in [0.15, 0.2) is 55.0 Å². The van der Waals surface area contributed by atoms with E-state index in [1.807, 2.05) is 11.3 Å². The Labute approximate surface area is 233 Å². The number of hydrogen-bond donors (Lipinski definition) is 1. The second-order valence-electron chi connectivity index (χ2n) is 9.21. The number of pyridine rings is 1. The molecule has 1 saturated heterocycles. The van der Waals surface area contributed by atoms with E-state index in [1.165, 1.54) is 0 Å². The molecule has 41 heavy (non-hydrogen) atoms. The summed E-state index contributed by atoms with van der Waals surface area (Å²) >= 11 is 0. The van der Waals surface area contributed by atoms with Crippen molar-refractivity contribution in [3.05, 3.63) is 71.9 Å². The average molecular weight is 563 g/mol. The van der Waals surface area contributed by atoms with Gasteiger partial charge in [0, 0.05) is 23.9 Å². The quantitative estimate of drug-likeness (QED) is 0.326. The summed E-state index contributed by atoms with van der Waals surface area (Å²) in [5.41, 5.74) is 1.20. The molecule has 4 heterocycles. The molecule has 210 valence electrons. The van der Waals surface area contributed by atoms with Gasteiger partial charge in [0.25, 0.3) is 11.8 Å². The fourth-order valence-corrected chi connectivity index (χ4v) is 4.82. The first-order chi connectivity index (χ1) is 19.7. The van der Waals surface area contributed by atoms with E-state index in [0.29, 0.717) is 48.1 Å². The number of aromatic nitrogens is 4. The van der Waals surface area contributed by atoms with Gasteiger partial charge >= 0.3 is 6.18 Å². The van der Waals surface area contributed by atoms with Crippen LogP contribution in [0.3, 0.4) is 0 Å². The van der Waals surface area contributed by atoms with Crippen molar-refractivity contribution >= 4 is 23.1 Å². The highest BCUT2D eigenvalue weighted by molar-refractivity contribution is 6.04. The summed E-state index contributed by atoms with van der Waals surface area (Å²) in [6.45, 7) is 4.43. The monoisotopic (exact) mass is 562 g/mol. The van der Waals surface area contributed by atoms with Crippen molar-refractivity contribution in [1.82, 2.24) is 24.3 Å². The number of imidazole rings is 1. The van der Waals surface area contributed by atoms with Gasteiger partial charge in [-0.2, -0.15) is 13.2 Å². The Hall–Kier alpha value is -4.92. The first-order valence-corrected chi connectivity index (χ1v) is 12.9. The number of carbonyl (C=O) groups excluding carboxylic acids is 2. The van der Waals surface area contributed by atoms with E-state index in [1.54, 1.807) is 48.5 Å². The lowest BCUT2D eigenvalue weighted by molar-refractivity contribution is -0.137. The second kappa shape index (κ2) is 11.3. The number of ether oxygens (including phenoxy) is 1. The highest BCUT2D eigenvalue weighted by Gasteiger charge is 2.34. The predicted octanol–water partition coefficient (Wildman–Crippen LogP) is 5.15. The lowest BCUT2D eigenvalue weighted by atomic mass is 10.1. The predicted molar refractivity (Wildman–Crippen MR) is 144 cm³/mol. The first-order valence-electron chi connectivity index (χ1n) is 12.9. The van der Waals surface area contributed by atoms with Gasteiger partial charge in [-0.25, -0.2) is 9.97 Å². The Morgan fingerprint density at radius 3 is 2.66 bits per heavy atom. The van der Waals surface area contributed by atoms with Crippen molar-refractivity contribution in [3.63, 3.8) is 0 Å². The molecule has 1 aliphatic rings. The van der Waals surface area contributed by atoms with Crippen LogP contribution < -0.4 is 10.1 Å². The summed E-state index contributed by atoms with van der Waals surface area (Å²) in [4.78, 5) is 40.3. The summed E-state index contributed by atoms with van der Waals surface area (Å²) in [6.07, 6.45) is 1.17. The normalized spacial score (nSPS) is 15.0. The van der Waals surface area contributed by atoms with E-state index in [4.69, 9.17) is 9.72 Å². The highest BCUT2D eigenvalue weighted by Crippen LogP contribution is 2.37. The molecule has 0 spiro atoms. The number of benzene rings is 1. The lowest BCUT2D eigenvalue weighted by Gasteiger charge is -2.22. The Balaban J connectivity index is 1.49. The average Bonchev–Trinajstić information content (AvgIpc) is 3.59. The van der Waals surface area contributed by atoms with Crippen LogP contribution in [0.2, 0.25) is 0 Å². The lowest BCUT2D eigenvalue weighted by Crippen LogP contribution is -2.30. The minimum absolute atomic E-state index is 0.211. The number of nitrogens with one attached hydrogen (secondary N) is 1. The number of likely N-dealkylation sites (tertiary alicyclic amines) is 1. The van der Waals surface area contributed by atoms with Crippen LogP contribution >= 0.6 is 0 Å². The Bertz CT molecular complexity index is 1670. The first kappa shape index (κ1) is 27.6. The van der Waals surface area contributed by atoms with Gasteiger partial charge in [-0.1, -0.05) is 18.1 Å². The molecule has 12 heteroatoms. The Morgan fingerprint density at radius 2 is 1.95 bits per heavy atom. The summed E-state index contributed by atoms with van der Waals surface area (Å²) in [5, 5.41) is 2.40. The number of carbonyl (C=O) groups is 2. The van der Waals surface area contributed by atoms with E-state index in [0.717, 1.165) is 24.8 Å². The van der Waals surface area contributed by atoms with E-state index in [-0.39, 0.29) is 23.3 Å². The molecule has 2 amide bonds. The number of alkyl halides is 3. The molecule has 0 saturated carbocycles. The third-order valence-electron chi connectivity index (χ3n) is 6.63. The smallest absolute Gasteiger partial charge is 0.416 e. The second-order valence-corrected chi connectivity index (χ2v) is 9.21. The maximum absolute atomic E-state index is 13.0. The summed E-state index contributed by atoms with van der Waals surface area (Å²) in [6, 6.07) is 7.75. The van der Waals surface area contributed by atoms with Crippen LogP contribution in [0.25, 0.3) is 16.8 Å². The van der Waals surface area contributed by atoms with Gasteiger partial charge in [0.2, 0.25) is 5.88 Å². The number of anilines is 1. The molecule has 0 bridgehead atoms. The number of hydrogen-bond acceptors (Lipinski definition) is 6. The van der Waals surface area contributed by atoms with Crippen LogP contribution in [0.1, 0.15) is 54.5 Å². The van der Waals surface area contributed by atoms with E-state index in [2.05, 4.69) is 27.1 Å². The molecule has 3 aromatic heterocycles. The third-order valence-corrected chi connectivity index (χ3v) is 6.63. The highest BCUT2D eigenvalue weighted by atomic mass is 19.4. The number of fused-ring (bicyclic) bond motifs is 1. The van der Waals surface area contributed by atoms with Crippen molar-refractivity contribution < 1.29 is 27.5 Å². The zero-order valence-corrected chi connectivity index (χ0v) is 22.2. The van der Waals surface area contributed by atoms with Crippen LogP contribution in [-0.2, 0) is 11.0 Å². The molecule has 1 fully saturated rings. The summed E-state index contributed by atoms with van der Waals surface area (Å²) < 4.78 is 46.8. The molecule has 1 atom stereocenters. The number of halogens is 3. The third kappa shape index (κ3) is 5.56. The molecule has 0 aliphatic carbocycles. The molecule has 1 aliphatic heterocycles. The molecular formula is C29H25F3N6O3. The van der Waals surface area contributed by atoms with Gasteiger partial charge in [0.15, 0.2) is 0 Å². The maximum atomic E-state index is 13.0. The van der Waals surface area contributed by atoms with E-state index < -0.39 is 17.6 Å². The van der Waals surface area contributed by atoms with Gasteiger partial charge in [0.1, 0.15) is 11.6 Å². The van der Waals surface area contributed by atoms with Crippen LogP contribution in [0.4, 0.5) is 19.0 Å². The molecule has 4 aromatic rings. The van der Waals surface area contributed by atoms with E-state index >= 15 is 0 Å². The van der Waals surface area contributed by atoms with Gasteiger partial charge in [0.05, 0.1) is 41.8 Å². The molecule has 0 unspecified atom stereocenters. The molecule has 5 rings (SSSR count). The van der Waals surface area contributed by atoms with Crippen LogP contribution in [-0.4, -0.2) is 49.2 Å². The number of amides is 2. The van der Waals surface area contributed by atoms with Gasteiger partial charge in [-0.3, -0.25) is 19.0 Å².